The molecule has 1 N–H and O–H groups in total. The van der Waals surface area contributed by atoms with Crippen molar-refractivity contribution in [3.8, 4) is 0 Å². The Morgan fingerprint density at radius 3 is 2.69 bits per heavy atom. The molecule has 0 aliphatic rings. The van der Waals surface area contributed by atoms with Gasteiger partial charge in [-0.1, -0.05) is 23.7 Å². The molecule has 3 aromatic rings. The lowest BCUT2D eigenvalue weighted by molar-refractivity contribution is 0.0561. The van der Waals surface area contributed by atoms with Crippen molar-refractivity contribution in [2.24, 2.45) is 0 Å². The molecule has 0 spiro atoms. The van der Waals surface area contributed by atoms with E-state index in [0.717, 1.165) is 17.5 Å². The maximum atomic E-state index is 12.6. The Bertz CT molecular complexity index is 951. The molecule has 1 aromatic carbocycles. The van der Waals surface area contributed by atoms with Crippen LogP contribution in [0.5, 0.6) is 0 Å². The van der Waals surface area contributed by atoms with Crippen LogP contribution in [0.4, 0.5) is 14.5 Å². The normalized spacial score (nSPS) is 11.2. The zero-order valence-corrected chi connectivity index (χ0v) is 14.8. The Labute approximate surface area is 153 Å². The van der Waals surface area contributed by atoms with Crippen molar-refractivity contribution in [2.75, 3.05) is 5.32 Å². The highest BCUT2D eigenvalue weighted by molar-refractivity contribution is 6.30. The van der Waals surface area contributed by atoms with E-state index >= 15 is 0 Å². The molecule has 1 amide bonds. The second-order valence-electron chi connectivity index (χ2n) is 5.75. The molecule has 0 saturated carbocycles. The SMILES string of the molecule is Cc1nn(Cc2cccc(Cl)c2)c(C)c1NC(=O)c1ccn(C(F)F)n1. The fourth-order valence-electron chi connectivity index (χ4n) is 2.59. The molecule has 3 rings (SSSR count). The number of aryl methyl sites for hydroxylation is 1. The van der Waals surface area contributed by atoms with Gasteiger partial charge in [-0.15, -0.1) is 0 Å². The van der Waals surface area contributed by atoms with Crippen molar-refractivity contribution in [3.63, 3.8) is 0 Å². The number of benzene rings is 1. The van der Waals surface area contributed by atoms with E-state index in [1.165, 1.54) is 6.07 Å². The highest BCUT2D eigenvalue weighted by atomic mass is 35.5. The molecule has 6 nitrogen and oxygen atoms in total. The van der Waals surface area contributed by atoms with Crippen LogP contribution in [0, 0.1) is 13.8 Å². The van der Waals surface area contributed by atoms with E-state index in [9.17, 15) is 13.6 Å². The maximum absolute atomic E-state index is 12.6. The lowest BCUT2D eigenvalue weighted by Gasteiger charge is -2.07. The molecule has 9 heteroatoms. The summed E-state index contributed by atoms with van der Waals surface area (Å²) in [4.78, 5) is 12.3. The molecule has 0 radical (unpaired) electrons. The van der Waals surface area contributed by atoms with Crippen LogP contribution in [-0.2, 0) is 6.54 Å². The van der Waals surface area contributed by atoms with Gasteiger partial charge in [-0.25, -0.2) is 4.68 Å². The third kappa shape index (κ3) is 3.75. The fraction of sp³-hybridized carbons (Fsp3) is 0.235. The van der Waals surface area contributed by atoms with Gasteiger partial charge in [0, 0.05) is 11.2 Å². The lowest BCUT2D eigenvalue weighted by atomic mass is 10.2. The van der Waals surface area contributed by atoms with Crippen LogP contribution < -0.4 is 5.32 Å². The minimum Gasteiger partial charge on any atom is -0.317 e. The largest absolute Gasteiger partial charge is 0.333 e. The van der Waals surface area contributed by atoms with Crippen LogP contribution in [0.25, 0.3) is 0 Å². The molecular formula is C17H16ClF2N5O. The molecule has 0 aliphatic heterocycles. The highest BCUT2D eigenvalue weighted by Gasteiger charge is 2.18. The molecule has 2 aromatic heterocycles. The average Bonchev–Trinajstić information content (AvgIpc) is 3.17. The highest BCUT2D eigenvalue weighted by Crippen LogP contribution is 2.22. The van der Waals surface area contributed by atoms with Crippen molar-refractivity contribution in [1.82, 2.24) is 19.6 Å². The molecule has 0 unspecified atom stereocenters. The average molecular weight is 380 g/mol. The molecule has 26 heavy (non-hydrogen) atoms. The van der Waals surface area contributed by atoms with Gasteiger partial charge >= 0.3 is 6.55 Å². The number of nitrogens with one attached hydrogen (secondary N) is 1. The van der Waals surface area contributed by atoms with Crippen molar-refractivity contribution in [2.45, 2.75) is 26.9 Å². The van der Waals surface area contributed by atoms with Crippen molar-refractivity contribution in [3.05, 3.63) is 64.2 Å². The summed E-state index contributed by atoms with van der Waals surface area (Å²) in [5.74, 6) is -0.571. The number of carbonyl (C=O) groups is 1. The van der Waals surface area contributed by atoms with Crippen molar-refractivity contribution < 1.29 is 13.6 Å². The Kier molecular flexibility index (Phi) is 5.03. The molecular weight excluding hydrogens is 364 g/mol. The van der Waals surface area contributed by atoms with E-state index in [4.69, 9.17) is 11.6 Å². The van der Waals surface area contributed by atoms with Crippen LogP contribution >= 0.6 is 11.6 Å². The van der Waals surface area contributed by atoms with Gasteiger partial charge in [0.2, 0.25) is 0 Å². The summed E-state index contributed by atoms with van der Waals surface area (Å²) in [6, 6.07) is 8.65. The standard InChI is InChI=1S/C17H16ClF2N5O/c1-10-15(21-16(26)14-6-7-24(23-14)17(19)20)11(2)25(22-10)9-12-4-3-5-13(18)8-12/h3-8,17H,9H2,1-2H3,(H,21,26). The van der Waals surface area contributed by atoms with Crippen LogP contribution in [0.1, 0.15) is 34.0 Å². The number of aromatic nitrogens is 4. The Balaban J connectivity index is 1.80. The second-order valence-corrected chi connectivity index (χ2v) is 6.18. The van der Waals surface area contributed by atoms with E-state index < -0.39 is 12.5 Å². The van der Waals surface area contributed by atoms with E-state index in [0.29, 0.717) is 27.6 Å². The van der Waals surface area contributed by atoms with Crippen LogP contribution in [-0.4, -0.2) is 25.5 Å². The maximum Gasteiger partial charge on any atom is 0.333 e. The predicted octanol–water partition coefficient (Wildman–Crippen LogP) is 4.05. The lowest BCUT2D eigenvalue weighted by Crippen LogP contribution is -2.15. The minimum absolute atomic E-state index is 0.0910. The second kappa shape index (κ2) is 7.25. The van der Waals surface area contributed by atoms with Gasteiger partial charge in [-0.2, -0.15) is 19.0 Å². The molecule has 136 valence electrons. The predicted molar refractivity (Wildman–Crippen MR) is 93.7 cm³/mol. The van der Waals surface area contributed by atoms with Gasteiger partial charge in [0.05, 0.1) is 23.6 Å². The van der Waals surface area contributed by atoms with Gasteiger partial charge < -0.3 is 5.32 Å². The van der Waals surface area contributed by atoms with Crippen molar-refractivity contribution in [1.29, 1.82) is 0 Å². The first-order valence-corrected chi connectivity index (χ1v) is 8.16. The first-order chi connectivity index (χ1) is 12.3. The minimum atomic E-state index is -2.79. The number of alkyl halides is 2. The van der Waals surface area contributed by atoms with E-state index in [1.807, 2.05) is 25.1 Å². The third-order valence-corrected chi connectivity index (χ3v) is 4.12. The first-order valence-electron chi connectivity index (χ1n) is 7.78. The topological polar surface area (TPSA) is 64.7 Å². The smallest absolute Gasteiger partial charge is 0.317 e. The Morgan fingerprint density at radius 2 is 2.04 bits per heavy atom. The number of carbonyl (C=O) groups excluding carboxylic acids is 1. The van der Waals surface area contributed by atoms with Gasteiger partial charge in [-0.05, 0) is 37.6 Å². The first kappa shape index (κ1) is 18.1. The zero-order chi connectivity index (χ0) is 18.8. The monoisotopic (exact) mass is 379 g/mol. The molecule has 0 saturated heterocycles. The summed E-state index contributed by atoms with van der Waals surface area (Å²) in [6.07, 6.45) is 1.06. The van der Waals surface area contributed by atoms with Gasteiger partial charge in [-0.3, -0.25) is 9.48 Å². The number of anilines is 1. The van der Waals surface area contributed by atoms with Gasteiger partial charge in [0.25, 0.3) is 5.91 Å². The van der Waals surface area contributed by atoms with E-state index in [-0.39, 0.29) is 5.69 Å². The summed E-state index contributed by atoms with van der Waals surface area (Å²) in [6.45, 7) is 1.27. The summed E-state index contributed by atoms with van der Waals surface area (Å²) in [5, 5.41) is 11.3. The summed E-state index contributed by atoms with van der Waals surface area (Å²) in [5.41, 5.74) is 2.77. The molecule has 0 aliphatic carbocycles. The summed E-state index contributed by atoms with van der Waals surface area (Å²) < 4.78 is 27.3. The zero-order valence-electron chi connectivity index (χ0n) is 14.1. The molecule has 0 atom stereocenters. The summed E-state index contributed by atoms with van der Waals surface area (Å²) >= 11 is 6.00. The fourth-order valence-corrected chi connectivity index (χ4v) is 2.80. The quantitative estimate of drug-likeness (QED) is 0.727. The van der Waals surface area contributed by atoms with Gasteiger partial charge in [0.15, 0.2) is 5.69 Å². The van der Waals surface area contributed by atoms with Crippen LogP contribution in [0.15, 0.2) is 36.5 Å². The number of rotatable bonds is 5. The van der Waals surface area contributed by atoms with Crippen molar-refractivity contribution >= 4 is 23.2 Å². The number of halogens is 3. The van der Waals surface area contributed by atoms with E-state index in [1.54, 1.807) is 17.7 Å². The van der Waals surface area contributed by atoms with E-state index in [2.05, 4.69) is 15.5 Å². The van der Waals surface area contributed by atoms with Gasteiger partial charge in [0.1, 0.15) is 0 Å². The third-order valence-electron chi connectivity index (χ3n) is 3.88. The number of amides is 1. The Morgan fingerprint density at radius 1 is 1.27 bits per heavy atom. The molecule has 0 fully saturated rings. The molecule has 0 bridgehead atoms. The number of hydrogen-bond acceptors (Lipinski definition) is 3. The van der Waals surface area contributed by atoms with Crippen LogP contribution in [0.2, 0.25) is 5.02 Å². The summed E-state index contributed by atoms with van der Waals surface area (Å²) in [7, 11) is 0. The van der Waals surface area contributed by atoms with Crippen LogP contribution in [0.3, 0.4) is 0 Å². The molecule has 2 heterocycles. The Hall–Kier alpha value is -2.74. The number of nitrogens with zero attached hydrogens (tertiary/aromatic N) is 4. The number of hydrogen-bond donors (Lipinski definition) is 1.